The summed E-state index contributed by atoms with van der Waals surface area (Å²) >= 11 is 0. The van der Waals surface area contributed by atoms with Crippen LogP contribution in [0.4, 0.5) is 10.5 Å². The zero-order valence-electron chi connectivity index (χ0n) is 16.5. The number of amides is 1. The predicted octanol–water partition coefficient (Wildman–Crippen LogP) is 4.56. The van der Waals surface area contributed by atoms with Crippen LogP contribution in [-0.2, 0) is 16.1 Å². The molecule has 31 heavy (non-hydrogen) atoms. The zero-order chi connectivity index (χ0) is 22.1. The average Bonchev–Trinajstić information content (AvgIpc) is 2.79. The van der Waals surface area contributed by atoms with Gasteiger partial charge in [0.15, 0.2) is 0 Å². The molecule has 3 rings (SSSR count). The molecule has 0 aliphatic rings. The van der Waals surface area contributed by atoms with Crippen molar-refractivity contribution in [1.29, 1.82) is 0 Å². The lowest BCUT2D eigenvalue weighted by Crippen LogP contribution is -2.31. The summed E-state index contributed by atoms with van der Waals surface area (Å²) in [5, 5.41) is 13.8. The molecular weight excluding hydrogens is 400 g/mol. The smallest absolute Gasteiger partial charge is 0.407 e. The monoisotopic (exact) mass is 420 g/mol. The average molecular weight is 420 g/mol. The molecule has 0 bridgehead atoms. The van der Waals surface area contributed by atoms with E-state index in [-0.39, 0.29) is 24.5 Å². The number of hydrogen-bond acceptors (Lipinski definition) is 6. The van der Waals surface area contributed by atoms with E-state index in [2.05, 4.69) is 5.32 Å². The van der Waals surface area contributed by atoms with Gasteiger partial charge in [0.1, 0.15) is 6.61 Å². The summed E-state index contributed by atoms with van der Waals surface area (Å²) in [6, 6.07) is 22.9. The topological polar surface area (TPSA) is 108 Å². The highest BCUT2D eigenvalue weighted by Crippen LogP contribution is 2.27. The largest absolute Gasteiger partial charge is 0.445 e. The third-order valence-corrected chi connectivity index (χ3v) is 4.36. The first-order valence-corrected chi connectivity index (χ1v) is 9.49. The van der Waals surface area contributed by atoms with E-state index in [0.717, 1.165) is 5.56 Å². The van der Waals surface area contributed by atoms with Crippen molar-refractivity contribution in [2.24, 2.45) is 0 Å². The molecule has 158 valence electrons. The molecule has 0 radical (unpaired) electrons. The zero-order valence-corrected chi connectivity index (χ0v) is 16.5. The number of esters is 1. The summed E-state index contributed by atoms with van der Waals surface area (Å²) in [6.07, 6.45) is -0.938. The summed E-state index contributed by atoms with van der Waals surface area (Å²) < 4.78 is 10.4. The van der Waals surface area contributed by atoms with Gasteiger partial charge in [-0.2, -0.15) is 0 Å². The number of nitrogens with one attached hydrogen (secondary N) is 1. The van der Waals surface area contributed by atoms with Gasteiger partial charge in [-0.25, -0.2) is 4.79 Å². The predicted molar refractivity (Wildman–Crippen MR) is 112 cm³/mol. The number of nitro groups is 1. The maximum absolute atomic E-state index is 12.5. The molecular formula is C23H20N2O6. The second-order valence-electron chi connectivity index (χ2n) is 6.57. The molecule has 0 heterocycles. The Bertz CT molecular complexity index is 1040. The lowest BCUT2D eigenvalue weighted by atomic mass is 10.0. The molecule has 0 aromatic heterocycles. The van der Waals surface area contributed by atoms with Gasteiger partial charge >= 0.3 is 17.7 Å². The van der Waals surface area contributed by atoms with Crippen molar-refractivity contribution in [3.63, 3.8) is 0 Å². The van der Waals surface area contributed by atoms with Crippen LogP contribution in [0.15, 0.2) is 84.9 Å². The quantitative estimate of drug-likeness (QED) is 0.248. The minimum atomic E-state index is -0.736. The highest BCUT2D eigenvalue weighted by Gasteiger charge is 2.23. The standard InChI is InChI=1S/C23H20N2O6/c26-22(31-21-14-8-7-13-20(21)25(28)29)15-19(18-11-5-2-6-12-18)24-23(27)30-16-17-9-3-1-4-10-17/h1-14,19H,15-16H2,(H,24,27)/t19-/m1/s1. The normalized spacial score (nSPS) is 11.2. The Balaban J connectivity index is 1.67. The van der Waals surface area contributed by atoms with E-state index in [0.29, 0.717) is 5.56 Å². The molecule has 3 aromatic carbocycles. The van der Waals surface area contributed by atoms with Crippen LogP contribution in [0.2, 0.25) is 0 Å². The fourth-order valence-corrected chi connectivity index (χ4v) is 2.87. The molecule has 0 fully saturated rings. The first kappa shape index (κ1) is 21.5. The summed E-state index contributed by atoms with van der Waals surface area (Å²) in [5.41, 5.74) is 1.17. The fourth-order valence-electron chi connectivity index (χ4n) is 2.87. The third-order valence-electron chi connectivity index (χ3n) is 4.36. The van der Waals surface area contributed by atoms with E-state index < -0.39 is 23.0 Å². The lowest BCUT2D eigenvalue weighted by molar-refractivity contribution is -0.385. The van der Waals surface area contributed by atoms with Gasteiger partial charge in [-0.3, -0.25) is 14.9 Å². The summed E-state index contributed by atoms with van der Waals surface area (Å²) in [5.74, 6) is -0.887. The highest BCUT2D eigenvalue weighted by molar-refractivity contribution is 5.76. The van der Waals surface area contributed by atoms with Crippen LogP contribution in [0.5, 0.6) is 5.75 Å². The van der Waals surface area contributed by atoms with Crippen LogP contribution in [0.25, 0.3) is 0 Å². The third kappa shape index (κ3) is 6.40. The molecule has 1 atom stereocenters. The maximum Gasteiger partial charge on any atom is 0.407 e. The van der Waals surface area contributed by atoms with Gasteiger partial charge in [0.05, 0.1) is 17.4 Å². The molecule has 0 saturated heterocycles. The van der Waals surface area contributed by atoms with Gasteiger partial charge in [-0.05, 0) is 17.2 Å². The van der Waals surface area contributed by atoms with Crippen LogP contribution in [0.1, 0.15) is 23.6 Å². The number of ether oxygens (including phenoxy) is 2. The van der Waals surface area contributed by atoms with Crippen molar-refractivity contribution in [3.8, 4) is 5.75 Å². The van der Waals surface area contributed by atoms with Crippen molar-refractivity contribution in [3.05, 3.63) is 106 Å². The Morgan fingerprint density at radius 1 is 0.903 bits per heavy atom. The van der Waals surface area contributed by atoms with Gasteiger partial charge < -0.3 is 14.8 Å². The van der Waals surface area contributed by atoms with Crippen molar-refractivity contribution >= 4 is 17.7 Å². The number of alkyl carbamates (subject to hydrolysis) is 1. The van der Waals surface area contributed by atoms with Gasteiger partial charge in [-0.1, -0.05) is 72.8 Å². The first-order chi connectivity index (χ1) is 15.0. The molecule has 0 aliphatic heterocycles. The molecule has 0 aliphatic carbocycles. The van der Waals surface area contributed by atoms with Crippen molar-refractivity contribution in [2.75, 3.05) is 0 Å². The van der Waals surface area contributed by atoms with E-state index >= 15 is 0 Å². The number of carbonyl (C=O) groups is 2. The number of nitro benzene ring substituents is 1. The molecule has 1 N–H and O–H groups in total. The van der Waals surface area contributed by atoms with Gasteiger partial charge in [-0.15, -0.1) is 0 Å². The Hall–Kier alpha value is -4.20. The summed E-state index contributed by atoms with van der Waals surface area (Å²) in [7, 11) is 0. The lowest BCUT2D eigenvalue weighted by Gasteiger charge is -2.18. The number of rotatable bonds is 8. The van der Waals surface area contributed by atoms with Crippen LogP contribution in [0.3, 0.4) is 0 Å². The molecule has 3 aromatic rings. The number of para-hydroxylation sites is 2. The van der Waals surface area contributed by atoms with E-state index in [4.69, 9.17) is 9.47 Å². The minimum absolute atomic E-state index is 0.0782. The Morgan fingerprint density at radius 2 is 1.52 bits per heavy atom. The van der Waals surface area contributed by atoms with E-state index in [1.165, 1.54) is 24.3 Å². The van der Waals surface area contributed by atoms with Crippen LogP contribution >= 0.6 is 0 Å². The van der Waals surface area contributed by atoms with Crippen LogP contribution in [0, 0.1) is 10.1 Å². The fraction of sp³-hybridized carbons (Fsp3) is 0.130. The Morgan fingerprint density at radius 3 is 2.19 bits per heavy atom. The summed E-state index contributed by atoms with van der Waals surface area (Å²) in [6.45, 7) is 0.0782. The minimum Gasteiger partial charge on any atom is -0.445 e. The first-order valence-electron chi connectivity index (χ1n) is 9.49. The van der Waals surface area contributed by atoms with Crippen LogP contribution in [-0.4, -0.2) is 17.0 Å². The van der Waals surface area contributed by atoms with Crippen molar-refractivity contribution < 1.29 is 24.0 Å². The number of hydrogen-bond donors (Lipinski definition) is 1. The molecule has 8 heteroatoms. The number of nitrogens with zero attached hydrogens (tertiary/aromatic N) is 1. The van der Waals surface area contributed by atoms with E-state index in [1.807, 2.05) is 30.3 Å². The Kier molecular flexibility index (Phi) is 7.31. The number of benzene rings is 3. The molecule has 1 amide bonds. The number of carbonyl (C=O) groups excluding carboxylic acids is 2. The van der Waals surface area contributed by atoms with Gasteiger partial charge in [0, 0.05) is 6.07 Å². The molecule has 0 saturated carbocycles. The second kappa shape index (κ2) is 10.5. The summed E-state index contributed by atoms with van der Waals surface area (Å²) in [4.78, 5) is 35.3. The molecule has 0 unspecified atom stereocenters. The maximum atomic E-state index is 12.5. The van der Waals surface area contributed by atoms with E-state index in [1.54, 1.807) is 30.3 Å². The second-order valence-corrected chi connectivity index (χ2v) is 6.57. The van der Waals surface area contributed by atoms with Crippen LogP contribution < -0.4 is 10.1 Å². The molecule has 8 nitrogen and oxygen atoms in total. The highest BCUT2D eigenvalue weighted by atomic mass is 16.6. The SMILES string of the molecule is O=C(C[C@@H](NC(=O)OCc1ccccc1)c1ccccc1)Oc1ccccc1[N+](=O)[O-]. The van der Waals surface area contributed by atoms with Gasteiger partial charge in [0.2, 0.25) is 5.75 Å². The van der Waals surface area contributed by atoms with Crippen molar-refractivity contribution in [2.45, 2.75) is 19.1 Å². The van der Waals surface area contributed by atoms with E-state index in [9.17, 15) is 19.7 Å². The van der Waals surface area contributed by atoms with Crippen molar-refractivity contribution in [1.82, 2.24) is 5.32 Å². The van der Waals surface area contributed by atoms with Gasteiger partial charge in [0.25, 0.3) is 0 Å². The molecule has 0 spiro atoms. The Labute approximate surface area is 178 Å².